The Bertz CT molecular complexity index is 547. The zero-order valence-electron chi connectivity index (χ0n) is 17.7. The number of hydrogen-bond acceptors (Lipinski definition) is 4. The van der Waals surface area contributed by atoms with Crippen LogP contribution in [0.3, 0.4) is 0 Å². The van der Waals surface area contributed by atoms with Gasteiger partial charge in [-0.15, -0.1) is 24.0 Å². The summed E-state index contributed by atoms with van der Waals surface area (Å²) in [5.74, 6) is 3.00. The lowest BCUT2D eigenvalue weighted by atomic mass is 9.99. The second kappa shape index (κ2) is 12.6. The van der Waals surface area contributed by atoms with Crippen molar-refractivity contribution >= 4 is 29.9 Å². The first-order chi connectivity index (χ1) is 12.5. The van der Waals surface area contributed by atoms with E-state index >= 15 is 0 Å². The van der Waals surface area contributed by atoms with Crippen molar-refractivity contribution in [2.45, 2.75) is 59.8 Å². The topological polar surface area (TPSA) is 65.7 Å². The van der Waals surface area contributed by atoms with Crippen LogP contribution in [0.4, 0.5) is 0 Å². The van der Waals surface area contributed by atoms with Crippen LogP contribution < -0.4 is 10.6 Å². The molecule has 0 amide bonds. The normalized spacial score (nSPS) is 17.4. The van der Waals surface area contributed by atoms with E-state index in [1.807, 2.05) is 13.8 Å². The predicted molar refractivity (Wildman–Crippen MR) is 123 cm³/mol. The van der Waals surface area contributed by atoms with Gasteiger partial charge in [-0.1, -0.05) is 19.0 Å². The minimum absolute atomic E-state index is 0. The first-order valence-corrected chi connectivity index (χ1v) is 10.2. The number of halogens is 1. The lowest BCUT2D eigenvalue weighted by molar-refractivity contribution is 0.191. The average Bonchev–Trinajstić information content (AvgIpc) is 2.96. The molecule has 1 aromatic heterocycles. The Hall–Kier alpha value is -0.830. The highest BCUT2D eigenvalue weighted by Gasteiger charge is 2.17. The third kappa shape index (κ3) is 7.97. The molecule has 0 saturated carbocycles. The number of aryl methyl sites for hydroxylation is 2. The molecular weight excluding hydrogens is 453 g/mol. The summed E-state index contributed by atoms with van der Waals surface area (Å²) in [6.45, 7) is 16.8. The largest absolute Gasteiger partial charge is 0.361 e. The molecule has 156 valence electrons. The molecule has 0 bridgehead atoms. The monoisotopic (exact) mass is 491 g/mol. The van der Waals surface area contributed by atoms with E-state index in [0.717, 1.165) is 49.4 Å². The second-order valence-electron chi connectivity index (χ2n) is 7.66. The van der Waals surface area contributed by atoms with Gasteiger partial charge < -0.3 is 20.1 Å². The van der Waals surface area contributed by atoms with Gasteiger partial charge >= 0.3 is 0 Å². The summed E-state index contributed by atoms with van der Waals surface area (Å²) < 4.78 is 5.28. The Morgan fingerprint density at radius 1 is 1.30 bits per heavy atom. The number of rotatable bonds is 8. The van der Waals surface area contributed by atoms with Gasteiger partial charge in [0, 0.05) is 31.1 Å². The van der Waals surface area contributed by atoms with Gasteiger partial charge in [0.2, 0.25) is 0 Å². The molecule has 0 aliphatic carbocycles. The number of aromatic nitrogens is 1. The number of likely N-dealkylation sites (tertiary alicyclic amines) is 1. The van der Waals surface area contributed by atoms with Crippen LogP contribution in [0.1, 0.15) is 63.0 Å². The summed E-state index contributed by atoms with van der Waals surface area (Å²) in [7, 11) is 0. The van der Waals surface area contributed by atoms with Crippen LogP contribution in [0.25, 0.3) is 0 Å². The number of guanidine groups is 1. The molecule has 0 spiro atoms. The van der Waals surface area contributed by atoms with E-state index in [2.05, 4.69) is 41.5 Å². The van der Waals surface area contributed by atoms with Gasteiger partial charge in [0.05, 0.1) is 5.69 Å². The summed E-state index contributed by atoms with van der Waals surface area (Å²) in [6, 6.07) is 0. The highest BCUT2D eigenvalue weighted by atomic mass is 127. The standard InChI is InChI=1S/C20H37N5O.HI/c1-6-21-20(22-10-7-11-25-12-8-15(2)9-13-25)23-14-16(3)19-17(4)24-26-18(19)5;/h15-16H,6-14H2,1-5H3,(H2,21,22,23);1H. The molecule has 1 aliphatic heterocycles. The Kier molecular flexibility index (Phi) is 11.3. The Morgan fingerprint density at radius 3 is 2.59 bits per heavy atom. The summed E-state index contributed by atoms with van der Waals surface area (Å²) in [6.07, 6.45) is 3.84. The predicted octanol–water partition coefficient (Wildman–Crippen LogP) is 3.69. The lowest BCUT2D eigenvalue weighted by Crippen LogP contribution is -2.40. The van der Waals surface area contributed by atoms with Gasteiger partial charge in [0.25, 0.3) is 0 Å². The van der Waals surface area contributed by atoms with Gasteiger partial charge in [-0.25, -0.2) is 0 Å². The van der Waals surface area contributed by atoms with E-state index in [9.17, 15) is 0 Å². The number of hydrogen-bond donors (Lipinski definition) is 2. The molecule has 1 atom stereocenters. The molecule has 27 heavy (non-hydrogen) atoms. The molecule has 7 heteroatoms. The highest BCUT2D eigenvalue weighted by molar-refractivity contribution is 14.0. The van der Waals surface area contributed by atoms with Crippen LogP contribution in [-0.4, -0.2) is 55.3 Å². The van der Waals surface area contributed by atoms with E-state index in [1.165, 1.54) is 38.0 Å². The molecule has 0 aromatic carbocycles. The SMILES string of the molecule is CCNC(=NCC(C)c1c(C)noc1C)NCCCN1CCC(C)CC1.I. The van der Waals surface area contributed by atoms with Crippen LogP contribution in [0.15, 0.2) is 9.52 Å². The lowest BCUT2D eigenvalue weighted by Gasteiger charge is -2.30. The minimum atomic E-state index is 0. The van der Waals surface area contributed by atoms with Crippen molar-refractivity contribution in [3.05, 3.63) is 17.0 Å². The van der Waals surface area contributed by atoms with Gasteiger partial charge in [-0.2, -0.15) is 0 Å². The molecule has 1 aromatic rings. The third-order valence-electron chi connectivity index (χ3n) is 5.27. The molecule has 1 aliphatic rings. The summed E-state index contributed by atoms with van der Waals surface area (Å²) in [5.41, 5.74) is 2.16. The average molecular weight is 491 g/mol. The zero-order valence-corrected chi connectivity index (χ0v) is 20.0. The maximum absolute atomic E-state index is 5.28. The van der Waals surface area contributed by atoms with E-state index in [0.29, 0.717) is 5.92 Å². The van der Waals surface area contributed by atoms with Crippen LogP contribution in [-0.2, 0) is 0 Å². The molecule has 2 N–H and O–H groups in total. The van der Waals surface area contributed by atoms with E-state index in [4.69, 9.17) is 9.52 Å². The van der Waals surface area contributed by atoms with Gasteiger partial charge in [-0.05, 0) is 65.6 Å². The molecule has 1 saturated heterocycles. The van der Waals surface area contributed by atoms with Crippen LogP contribution in [0.5, 0.6) is 0 Å². The van der Waals surface area contributed by atoms with Crippen molar-refractivity contribution in [2.75, 3.05) is 39.3 Å². The fraction of sp³-hybridized carbons (Fsp3) is 0.800. The number of piperidine rings is 1. The minimum Gasteiger partial charge on any atom is -0.361 e. The number of nitrogens with one attached hydrogen (secondary N) is 2. The molecule has 2 heterocycles. The van der Waals surface area contributed by atoms with Gasteiger partial charge in [0.15, 0.2) is 5.96 Å². The molecule has 0 radical (unpaired) electrons. The Labute approximate surface area is 181 Å². The fourth-order valence-electron chi connectivity index (χ4n) is 3.65. The first kappa shape index (κ1) is 24.2. The maximum Gasteiger partial charge on any atom is 0.191 e. The van der Waals surface area contributed by atoms with Crippen molar-refractivity contribution < 1.29 is 4.52 Å². The zero-order chi connectivity index (χ0) is 18.9. The van der Waals surface area contributed by atoms with Crippen molar-refractivity contribution in [3.8, 4) is 0 Å². The van der Waals surface area contributed by atoms with Gasteiger partial charge in [-0.3, -0.25) is 4.99 Å². The highest BCUT2D eigenvalue weighted by Crippen LogP contribution is 2.23. The van der Waals surface area contributed by atoms with Crippen molar-refractivity contribution in [3.63, 3.8) is 0 Å². The summed E-state index contributed by atoms with van der Waals surface area (Å²) >= 11 is 0. The van der Waals surface area contributed by atoms with Gasteiger partial charge in [0.1, 0.15) is 5.76 Å². The molecule has 2 rings (SSSR count). The van der Waals surface area contributed by atoms with Crippen molar-refractivity contribution in [1.29, 1.82) is 0 Å². The summed E-state index contributed by atoms with van der Waals surface area (Å²) in [5, 5.41) is 10.9. The van der Waals surface area contributed by atoms with Crippen molar-refractivity contribution in [2.24, 2.45) is 10.9 Å². The Balaban J connectivity index is 0.00000364. The second-order valence-corrected chi connectivity index (χ2v) is 7.66. The fourth-order valence-corrected chi connectivity index (χ4v) is 3.65. The van der Waals surface area contributed by atoms with Crippen LogP contribution in [0.2, 0.25) is 0 Å². The number of aliphatic imine (C=N–C) groups is 1. The molecular formula is C20H38IN5O. The first-order valence-electron chi connectivity index (χ1n) is 10.2. The molecule has 1 fully saturated rings. The smallest absolute Gasteiger partial charge is 0.191 e. The quantitative estimate of drug-likeness (QED) is 0.251. The summed E-state index contributed by atoms with van der Waals surface area (Å²) in [4.78, 5) is 7.35. The maximum atomic E-state index is 5.28. The van der Waals surface area contributed by atoms with Crippen molar-refractivity contribution in [1.82, 2.24) is 20.7 Å². The number of nitrogens with zero attached hydrogens (tertiary/aromatic N) is 3. The van der Waals surface area contributed by atoms with Crippen LogP contribution >= 0.6 is 24.0 Å². The van der Waals surface area contributed by atoms with Crippen LogP contribution in [0, 0.1) is 19.8 Å². The van der Waals surface area contributed by atoms with E-state index in [-0.39, 0.29) is 24.0 Å². The molecule has 6 nitrogen and oxygen atoms in total. The van der Waals surface area contributed by atoms with E-state index in [1.54, 1.807) is 0 Å². The van der Waals surface area contributed by atoms with E-state index < -0.39 is 0 Å². The molecule has 1 unspecified atom stereocenters. The third-order valence-corrected chi connectivity index (χ3v) is 5.27. The Morgan fingerprint density at radius 2 is 2.00 bits per heavy atom.